The van der Waals surface area contributed by atoms with Gasteiger partial charge in [0.2, 0.25) is 11.8 Å². The van der Waals surface area contributed by atoms with Gasteiger partial charge in [-0.1, -0.05) is 54.2 Å². The summed E-state index contributed by atoms with van der Waals surface area (Å²) in [5.74, 6) is -0.271. The maximum atomic E-state index is 14.4. The molecule has 1 aromatic heterocycles. The van der Waals surface area contributed by atoms with Crippen LogP contribution < -0.4 is 0 Å². The summed E-state index contributed by atoms with van der Waals surface area (Å²) in [6, 6.07) is 16.1. The number of amides is 2. The van der Waals surface area contributed by atoms with Crippen molar-refractivity contribution in [3.63, 3.8) is 0 Å². The number of carbonyl (C=O) groups is 2. The van der Waals surface area contributed by atoms with Crippen LogP contribution in [0.5, 0.6) is 0 Å². The zero-order chi connectivity index (χ0) is 20.2. The molecule has 1 aliphatic heterocycles. The molecular weight excluding hydrogens is 391 g/mol. The van der Waals surface area contributed by atoms with Gasteiger partial charge in [0.1, 0.15) is 5.82 Å². The molecular formula is C21H19FN4O2S. The van der Waals surface area contributed by atoms with Crippen molar-refractivity contribution in [2.24, 2.45) is 0 Å². The first-order chi connectivity index (χ1) is 14.1. The summed E-state index contributed by atoms with van der Waals surface area (Å²) in [7, 11) is 0. The predicted molar refractivity (Wildman–Crippen MR) is 108 cm³/mol. The number of aromatic nitrogens is 3. The molecule has 4 rings (SSSR count). The minimum absolute atomic E-state index is 0.0793. The zero-order valence-electron chi connectivity index (χ0n) is 15.6. The van der Waals surface area contributed by atoms with Crippen LogP contribution in [-0.4, -0.2) is 43.8 Å². The van der Waals surface area contributed by atoms with Crippen LogP contribution >= 0.6 is 11.8 Å². The van der Waals surface area contributed by atoms with Gasteiger partial charge in [-0.25, -0.2) is 4.39 Å². The maximum Gasteiger partial charge on any atom is 0.239 e. The first-order valence-corrected chi connectivity index (χ1v) is 10.3. The van der Waals surface area contributed by atoms with E-state index in [9.17, 15) is 14.0 Å². The van der Waals surface area contributed by atoms with E-state index in [-0.39, 0.29) is 23.4 Å². The molecule has 0 unspecified atom stereocenters. The van der Waals surface area contributed by atoms with Gasteiger partial charge in [-0.2, -0.15) is 0 Å². The van der Waals surface area contributed by atoms with Crippen molar-refractivity contribution in [1.82, 2.24) is 19.7 Å². The monoisotopic (exact) mass is 410 g/mol. The van der Waals surface area contributed by atoms with Gasteiger partial charge in [-0.05, 0) is 24.1 Å². The molecule has 0 saturated carbocycles. The summed E-state index contributed by atoms with van der Waals surface area (Å²) in [4.78, 5) is 25.5. The fraction of sp³-hybridized carbons (Fsp3) is 0.238. The molecule has 0 aliphatic carbocycles. The first-order valence-electron chi connectivity index (χ1n) is 9.31. The summed E-state index contributed by atoms with van der Waals surface area (Å²) in [5, 5.41) is 8.90. The second kappa shape index (κ2) is 8.57. The molecule has 2 aromatic carbocycles. The Labute approximate surface area is 171 Å². The highest BCUT2D eigenvalue weighted by Gasteiger charge is 2.27. The zero-order valence-corrected chi connectivity index (χ0v) is 16.4. The largest absolute Gasteiger partial charge is 0.297 e. The molecule has 0 spiro atoms. The van der Waals surface area contributed by atoms with Crippen LogP contribution in [-0.2, 0) is 16.1 Å². The number of carbonyl (C=O) groups excluding carboxylic acids is 2. The van der Waals surface area contributed by atoms with E-state index in [4.69, 9.17) is 0 Å². The van der Waals surface area contributed by atoms with Gasteiger partial charge < -0.3 is 0 Å². The van der Waals surface area contributed by atoms with Crippen molar-refractivity contribution in [3.05, 3.63) is 66.0 Å². The highest BCUT2D eigenvalue weighted by molar-refractivity contribution is 7.99. The lowest BCUT2D eigenvalue weighted by Gasteiger charge is -2.14. The van der Waals surface area contributed by atoms with Crippen LogP contribution in [0.2, 0.25) is 0 Å². The Hall–Kier alpha value is -3.00. The molecule has 1 saturated heterocycles. The first kappa shape index (κ1) is 19.3. The molecule has 1 aliphatic rings. The van der Waals surface area contributed by atoms with Crippen LogP contribution in [0.3, 0.4) is 0 Å². The highest BCUT2D eigenvalue weighted by atomic mass is 32.2. The summed E-state index contributed by atoms with van der Waals surface area (Å²) in [6.07, 6.45) is 1.12. The Balaban J connectivity index is 1.62. The highest BCUT2D eigenvalue weighted by Crippen LogP contribution is 2.27. The normalized spacial score (nSPS) is 13.8. The van der Waals surface area contributed by atoms with E-state index in [2.05, 4.69) is 10.2 Å². The number of benzene rings is 2. The average molecular weight is 410 g/mol. The van der Waals surface area contributed by atoms with E-state index in [1.807, 2.05) is 30.3 Å². The Morgan fingerprint density at radius 3 is 2.55 bits per heavy atom. The Morgan fingerprint density at radius 2 is 1.83 bits per heavy atom. The average Bonchev–Trinajstić information content (AvgIpc) is 3.34. The standard InChI is InChI=1S/C21H19FN4O2S/c22-17-10-5-4-9-16(17)20-23-24-21(26(20)13-15-7-2-1-3-8-15)29-14-19(28)25-12-6-11-18(25)27/h1-5,7-10H,6,11-14H2. The van der Waals surface area contributed by atoms with Crippen LogP contribution in [0.1, 0.15) is 18.4 Å². The lowest BCUT2D eigenvalue weighted by molar-refractivity contribution is -0.140. The van der Waals surface area contributed by atoms with E-state index in [0.29, 0.717) is 42.5 Å². The molecule has 3 aromatic rings. The third kappa shape index (κ3) is 4.22. The van der Waals surface area contributed by atoms with E-state index in [1.54, 1.807) is 22.8 Å². The molecule has 2 heterocycles. The number of imide groups is 1. The maximum absolute atomic E-state index is 14.4. The van der Waals surface area contributed by atoms with Gasteiger partial charge in [0.25, 0.3) is 0 Å². The number of hydrogen-bond acceptors (Lipinski definition) is 5. The SMILES string of the molecule is O=C1CCCN1C(=O)CSc1nnc(-c2ccccc2F)n1Cc1ccccc1. The van der Waals surface area contributed by atoms with Crippen LogP contribution in [0.25, 0.3) is 11.4 Å². The quantitative estimate of drug-likeness (QED) is 0.583. The Kier molecular flexibility index (Phi) is 5.71. The Morgan fingerprint density at radius 1 is 1.07 bits per heavy atom. The van der Waals surface area contributed by atoms with Crippen molar-refractivity contribution in [3.8, 4) is 11.4 Å². The molecule has 29 heavy (non-hydrogen) atoms. The van der Waals surface area contributed by atoms with Gasteiger partial charge >= 0.3 is 0 Å². The smallest absolute Gasteiger partial charge is 0.239 e. The second-order valence-electron chi connectivity index (χ2n) is 6.69. The molecule has 8 heteroatoms. The minimum atomic E-state index is -0.385. The van der Waals surface area contributed by atoms with E-state index in [1.165, 1.54) is 22.7 Å². The van der Waals surface area contributed by atoms with Crippen LogP contribution in [0.4, 0.5) is 4.39 Å². The third-order valence-electron chi connectivity index (χ3n) is 4.71. The number of halogens is 1. The van der Waals surface area contributed by atoms with Gasteiger partial charge in [-0.15, -0.1) is 10.2 Å². The molecule has 148 valence electrons. The number of hydrogen-bond donors (Lipinski definition) is 0. The molecule has 0 atom stereocenters. The Bertz CT molecular complexity index is 1040. The van der Waals surface area contributed by atoms with Gasteiger partial charge in [0.05, 0.1) is 17.9 Å². The molecule has 1 fully saturated rings. The lowest BCUT2D eigenvalue weighted by Crippen LogP contribution is -2.33. The van der Waals surface area contributed by atoms with Crippen LogP contribution in [0, 0.1) is 5.82 Å². The topological polar surface area (TPSA) is 68.1 Å². The summed E-state index contributed by atoms with van der Waals surface area (Å²) in [6.45, 7) is 0.909. The van der Waals surface area contributed by atoms with Gasteiger partial charge in [0, 0.05) is 13.0 Å². The van der Waals surface area contributed by atoms with Crippen molar-refractivity contribution >= 4 is 23.6 Å². The van der Waals surface area contributed by atoms with Gasteiger partial charge in [0.15, 0.2) is 11.0 Å². The van der Waals surface area contributed by atoms with E-state index in [0.717, 1.165) is 5.56 Å². The van der Waals surface area contributed by atoms with E-state index < -0.39 is 0 Å². The number of rotatable bonds is 6. The van der Waals surface area contributed by atoms with Gasteiger partial charge in [-0.3, -0.25) is 19.1 Å². The van der Waals surface area contributed by atoms with E-state index >= 15 is 0 Å². The minimum Gasteiger partial charge on any atom is -0.297 e. The number of nitrogens with zero attached hydrogens (tertiary/aromatic N) is 4. The molecule has 0 N–H and O–H groups in total. The predicted octanol–water partition coefficient (Wildman–Crippen LogP) is 3.37. The molecule has 0 radical (unpaired) electrons. The van der Waals surface area contributed by atoms with Crippen molar-refractivity contribution in [2.45, 2.75) is 24.5 Å². The summed E-state index contributed by atoms with van der Waals surface area (Å²) < 4.78 is 16.2. The van der Waals surface area contributed by atoms with Crippen molar-refractivity contribution in [1.29, 1.82) is 0 Å². The lowest BCUT2D eigenvalue weighted by atomic mass is 10.2. The summed E-state index contributed by atoms with van der Waals surface area (Å²) in [5.41, 5.74) is 1.36. The fourth-order valence-corrected chi connectivity index (χ4v) is 4.08. The molecule has 6 nitrogen and oxygen atoms in total. The van der Waals surface area contributed by atoms with Crippen molar-refractivity contribution in [2.75, 3.05) is 12.3 Å². The number of thioether (sulfide) groups is 1. The van der Waals surface area contributed by atoms with Crippen LogP contribution in [0.15, 0.2) is 59.8 Å². The third-order valence-corrected chi connectivity index (χ3v) is 5.67. The molecule has 2 amide bonds. The summed E-state index contributed by atoms with van der Waals surface area (Å²) >= 11 is 1.21. The number of likely N-dealkylation sites (tertiary alicyclic amines) is 1. The van der Waals surface area contributed by atoms with Crippen molar-refractivity contribution < 1.29 is 14.0 Å². The fourth-order valence-electron chi connectivity index (χ4n) is 3.26. The second-order valence-corrected chi connectivity index (χ2v) is 7.63. The molecule has 0 bridgehead atoms.